The number of carbonyl (C=O) groups excluding carboxylic acids is 1. The second-order valence-electron chi connectivity index (χ2n) is 9.09. The number of aryl methyl sites for hydroxylation is 1. The van der Waals surface area contributed by atoms with Crippen molar-refractivity contribution in [1.82, 2.24) is 14.9 Å². The van der Waals surface area contributed by atoms with Gasteiger partial charge in [-0.1, -0.05) is 49.7 Å². The number of ether oxygens (including phenoxy) is 2. The van der Waals surface area contributed by atoms with Gasteiger partial charge in [0.1, 0.15) is 23.9 Å². The van der Waals surface area contributed by atoms with Crippen molar-refractivity contribution < 1.29 is 14.3 Å². The third-order valence-electron chi connectivity index (χ3n) is 6.46. The van der Waals surface area contributed by atoms with Crippen LogP contribution in [0.5, 0.6) is 11.5 Å². The highest BCUT2D eigenvalue weighted by Crippen LogP contribution is 2.22. The monoisotopic (exact) mass is 519 g/mol. The summed E-state index contributed by atoms with van der Waals surface area (Å²) in [6.45, 7) is 6.20. The van der Waals surface area contributed by atoms with Crippen LogP contribution in [0.1, 0.15) is 44.0 Å². The molecule has 1 N–H and O–H groups in total. The van der Waals surface area contributed by atoms with Crippen molar-refractivity contribution in [3.63, 3.8) is 0 Å². The third kappa shape index (κ3) is 7.49. The maximum Gasteiger partial charge on any atom is 0.257 e. The minimum absolute atomic E-state index is 0.0319. The van der Waals surface area contributed by atoms with E-state index in [0.29, 0.717) is 36.4 Å². The van der Waals surface area contributed by atoms with Crippen molar-refractivity contribution in [3.05, 3.63) is 89.2 Å². The quantitative estimate of drug-likeness (QED) is 0.207. The molecule has 194 valence electrons. The molecule has 0 radical (unpaired) electrons. The molecule has 0 fully saturated rings. The van der Waals surface area contributed by atoms with Gasteiger partial charge in [-0.25, -0.2) is 4.98 Å². The lowest BCUT2D eigenvalue weighted by Crippen LogP contribution is -2.30. The van der Waals surface area contributed by atoms with E-state index in [4.69, 9.17) is 26.1 Å². The molecule has 0 aliphatic carbocycles. The molecular formula is C30H34ClN3O3. The Labute approximate surface area is 223 Å². The number of amides is 1. The molecule has 37 heavy (non-hydrogen) atoms. The maximum atomic E-state index is 12.2. The smallest absolute Gasteiger partial charge is 0.257 e. The van der Waals surface area contributed by atoms with Crippen molar-refractivity contribution in [1.29, 1.82) is 0 Å². The molecule has 4 rings (SSSR count). The highest BCUT2D eigenvalue weighted by atomic mass is 35.5. The average molecular weight is 520 g/mol. The number of aromatic nitrogens is 2. The summed E-state index contributed by atoms with van der Waals surface area (Å²) in [7, 11) is 0. The predicted octanol–water partition coefficient (Wildman–Crippen LogP) is 6.41. The molecule has 1 aromatic heterocycles. The molecular weight excluding hydrogens is 486 g/mol. The van der Waals surface area contributed by atoms with Crippen LogP contribution in [0.15, 0.2) is 72.8 Å². The van der Waals surface area contributed by atoms with Gasteiger partial charge in [-0.2, -0.15) is 0 Å². The number of benzene rings is 3. The number of hydrogen-bond acceptors (Lipinski definition) is 4. The molecule has 0 aliphatic rings. The molecule has 0 saturated carbocycles. The molecule has 0 aliphatic heterocycles. The molecule has 4 aromatic rings. The maximum absolute atomic E-state index is 12.2. The summed E-state index contributed by atoms with van der Waals surface area (Å²) >= 11 is 5.87. The number of carbonyl (C=O) groups is 1. The fourth-order valence-corrected chi connectivity index (χ4v) is 4.28. The summed E-state index contributed by atoms with van der Waals surface area (Å²) in [5.74, 6) is 2.87. The molecule has 3 aromatic carbocycles. The van der Waals surface area contributed by atoms with Crippen molar-refractivity contribution in [2.45, 2.75) is 45.6 Å². The van der Waals surface area contributed by atoms with Crippen LogP contribution < -0.4 is 14.8 Å². The molecule has 1 heterocycles. The predicted molar refractivity (Wildman–Crippen MR) is 149 cm³/mol. The molecule has 7 heteroatoms. The highest BCUT2D eigenvalue weighted by Gasteiger charge is 2.11. The van der Waals surface area contributed by atoms with E-state index in [0.717, 1.165) is 41.9 Å². The van der Waals surface area contributed by atoms with E-state index in [2.05, 4.69) is 41.9 Å². The van der Waals surface area contributed by atoms with Crippen molar-refractivity contribution in [2.24, 2.45) is 0 Å². The average Bonchev–Trinajstić information content (AvgIpc) is 3.28. The number of rotatable bonds is 13. The Morgan fingerprint density at radius 2 is 1.70 bits per heavy atom. The number of nitrogens with zero attached hydrogens (tertiary/aromatic N) is 2. The van der Waals surface area contributed by atoms with Crippen molar-refractivity contribution in [3.8, 4) is 11.5 Å². The zero-order chi connectivity index (χ0) is 26.0. The molecule has 6 nitrogen and oxygen atoms in total. The second kappa shape index (κ2) is 13.2. The summed E-state index contributed by atoms with van der Waals surface area (Å²) in [6.07, 6.45) is 2.64. The minimum atomic E-state index is -0.156. The van der Waals surface area contributed by atoms with E-state index >= 15 is 0 Å². The Kier molecular flexibility index (Phi) is 9.44. The van der Waals surface area contributed by atoms with Crippen LogP contribution in [0.4, 0.5) is 0 Å². The standard InChI is InChI=1S/C30H34ClN3O3/c1-3-22(2)23-10-14-25(15-11-23)36-20-19-34-28-8-5-4-7-27(28)33-29(34)9-6-18-32-30(35)21-37-26-16-12-24(31)13-17-26/h4-5,7-8,10-17,22H,3,6,9,18-21H2,1-2H3,(H,32,35). The number of hydrogen-bond donors (Lipinski definition) is 1. The Balaban J connectivity index is 1.27. The first kappa shape index (κ1) is 26.6. The van der Waals surface area contributed by atoms with Crippen LogP contribution in [0, 0.1) is 0 Å². The largest absolute Gasteiger partial charge is 0.492 e. The SMILES string of the molecule is CCC(C)c1ccc(OCCn2c(CCCNC(=O)COc3ccc(Cl)cc3)nc3ccccc32)cc1. The van der Waals surface area contributed by atoms with Gasteiger partial charge in [0.05, 0.1) is 17.6 Å². The van der Waals surface area contributed by atoms with Crippen LogP contribution >= 0.6 is 11.6 Å². The van der Waals surface area contributed by atoms with Gasteiger partial charge < -0.3 is 19.4 Å². The van der Waals surface area contributed by atoms with Crippen LogP contribution in [0.2, 0.25) is 5.02 Å². The number of fused-ring (bicyclic) bond motifs is 1. The highest BCUT2D eigenvalue weighted by molar-refractivity contribution is 6.30. The van der Waals surface area contributed by atoms with Gasteiger partial charge in [-0.3, -0.25) is 4.79 Å². The number of halogens is 1. The van der Waals surface area contributed by atoms with Gasteiger partial charge in [0.25, 0.3) is 5.91 Å². The van der Waals surface area contributed by atoms with E-state index in [9.17, 15) is 4.79 Å². The summed E-state index contributed by atoms with van der Waals surface area (Å²) < 4.78 is 13.8. The fourth-order valence-electron chi connectivity index (χ4n) is 4.15. The Bertz CT molecular complexity index is 1290. The number of nitrogens with one attached hydrogen (secondary N) is 1. The van der Waals surface area contributed by atoms with E-state index < -0.39 is 0 Å². The normalized spacial score (nSPS) is 11.9. The minimum Gasteiger partial charge on any atom is -0.492 e. The van der Waals surface area contributed by atoms with Gasteiger partial charge in [0, 0.05) is 18.0 Å². The Morgan fingerprint density at radius 3 is 2.46 bits per heavy atom. The number of imidazole rings is 1. The molecule has 1 amide bonds. The van der Waals surface area contributed by atoms with Crippen LogP contribution in [-0.4, -0.2) is 35.2 Å². The van der Waals surface area contributed by atoms with E-state index in [1.165, 1.54) is 5.56 Å². The summed E-state index contributed by atoms with van der Waals surface area (Å²) in [5, 5.41) is 3.55. The Morgan fingerprint density at radius 1 is 1.00 bits per heavy atom. The van der Waals surface area contributed by atoms with Crippen LogP contribution in [0.3, 0.4) is 0 Å². The lowest BCUT2D eigenvalue weighted by Gasteiger charge is -2.13. The van der Waals surface area contributed by atoms with Crippen LogP contribution in [-0.2, 0) is 17.8 Å². The number of para-hydroxylation sites is 2. The van der Waals surface area contributed by atoms with Gasteiger partial charge >= 0.3 is 0 Å². The molecule has 1 unspecified atom stereocenters. The van der Waals surface area contributed by atoms with Gasteiger partial charge in [0.2, 0.25) is 0 Å². The van der Waals surface area contributed by atoms with E-state index in [1.54, 1.807) is 24.3 Å². The molecule has 0 bridgehead atoms. The second-order valence-corrected chi connectivity index (χ2v) is 9.53. The molecule has 1 atom stereocenters. The summed E-state index contributed by atoms with van der Waals surface area (Å²) in [6, 6.07) is 23.5. The fraction of sp³-hybridized carbons (Fsp3) is 0.333. The Hall–Kier alpha value is -3.51. The molecule has 0 saturated heterocycles. The zero-order valence-corrected chi connectivity index (χ0v) is 22.2. The van der Waals surface area contributed by atoms with Gasteiger partial charge in [0.15, 0.2) is 6.61 Å². The van der Waals surface area contributed by atoms with Gasteiger partial charge in [-0.05, 0) is 72.9 Å². The third-order valence-corrected chi connectivity index (χ3v) is 6.71. The van der Waals surface area contributed by atoms with E-state index in [1.807, 2.05) is 30.3 Å². The first-order valence-corrected chi connectivity index (χ1v) is 13.2. The van der Waals surface area contributed by atoms with Gasteiger partial charge in [-0.15, -0.1) is 0 Å². The summed E-state index contributed by atoms with van der Waals surface area (Å²) in [5.41, 5.74) is 3.39. The first-order valence-electron chi connectivity index (χ1n) is 12.9. The summed E-state index contributed by atoms with van der Waals surface area (Å²) in [4.78, 5) is 17.0. The first-order chi connectivity index (χ1) is 18.0. The topological polar surface area (TPSA) is 65.4 Å². The zero-order valence-electron chi connectivity index (χ0n) is 21.5. The lowest BCUT2D eigenvalue weighted by molar-refractivity contribution is -0.123. The van der Waals surface area contributed by atoms with Crippen LogP contribution in [0.25, 0.3) is 11.0 Å². The van der Waals surface area contributed by atoms with Crippen molar-refractivity contribution in [2.75, 3.05) is 19.8 Å². The molecule has 0 spiro atoms. The van der Waals surface area contributed by atoms with E-state index in [-0.39, 0.29) is 12.5 Å². The van der Waals surface area contributed by atoms with Crippen molar-refractivity contribution >= 4 is 28.5 Å². The lowest BCUT2D eigenvalue weighted by atomic mass is 9.99.